The molecule has 4 heteroatoms. The van der Waals surface area contributed by atoms with Crippen LogP contribution < -0.4 is 0 Å². The van der Waals surface area contributed by atoms with Gasteiger partial charge < -0.3 is 4.74 Å². The minimum absolute atomic E-state index is 0.0494. The molecule has 3 nitrogen and oxygen atoms in total. The number of carbonyl (C=O) groups is 1. The number of carbonyl (C=O) groups excluding carboxylic acids is 1. The monoisotopic (exact) mass is 157 g/mol. The van der Waals surface area contributed by atoms with E-state index < -0.39 is 11.4 Å². The van der Waals surface area contributed by atoms with Crippen molar-refractivity contribution in [2.75, 3.05) is 6.61 Å². The predicted molar refractivity (Wildman–Crippen MR) is 32.1 cm³/mol. The Balaban J connectivity index is 2.38. The van der Waals surface area contributed by atoms with E-state index in [0.717, 1.165) is 0 Å². The normalized spacial score (nSPS) is 49.4. The molecule has 2 fully saturated rings. The molecule has 0 unspecified atom stereocenters. The number of fused-ring (bicyclic) bond motifs is 1. The number of rotatable bonds is 0. The Labute approximate surface area is 62.5 Å². The van der Waals surface area contributed by atoms with Crippen molar-refractivity contribution < 1.29 is 9.53 Å². The summed E-state index contributed by atoms with van der Waals surface area (Å²) in [7, 11) is 0. The summed E-state index contributed by atoms with van der Waals surface area (Å²) in [6, 6.07) is 1.91. The van der Waals surface area contributed by atoms with Crippen molar-refractivity contribution in [2.45, 2.75) is 5.38 Å². The third-order valence-electron chi connectivity index (χ3n) is 2.18. The van der Waals surface area contributed by atoms with Crippen LogP contribution in [0.2, 0.25) is 0 Å². The second-order valence-corrected chi connectivity index (χ2v) is 3.06. The molecule has 0 spiro atoms. The Bertz CT molecular complexity index is 247. The first-order valence-corrected chi connectivity index (χ1v) is 3.39. The molecular weight excluding hydrogens is 154 g/mol. The fourth-order valence-electron chi connectivity index (χ4n) is 1.37. The zero-order chi connectivity index (χ0) is 7.35. The van der Waals surface area contributed by atoms with Crippen molar-refractivity contribution in [3.05, 3.63) is 0 Å². The molecule has 2 rings (SSSR count). The third kappa shape index (κ3) is 0.381. The summed E-state index contributed by atoms with van der Waals surface area (Å²) in [6.45, 7) is 0.320. The van der Waals surface area contributed by atoms with Crippen molar-refractivity contribution >= 4 is 17.6 Å². The largest absolute Gasteiger partial charge is 0.464 e. The van der Waals surface area contributed by atoms with Crippen LogP contribution in [0.4, 0.5) is 0 Å². The molecule has 3 atom stereocenters. The maximum atomic E-state index is 10.8. The van der Waals surface area contributed by atoms with Gasteiger partial charge in [-0.3, -0.25) is 4.79 Å². The van der Waals surface area contributed by atoms with Crippen molar-refractivity contribution in [3.8, 4) is 6.07 Å². The molecule has 0 aromatic rings. The zero-order valence-corrected chi connectivity index (χ0v) is 5.76. The molecule has 1 heterocycles. The number of nitrogens with zero attached hydrogens (tertiary/aromatic N) is 1. The first kappa shape index (κ1) is 5.99. The molecule has 0 radical (unpaired) electrons. The second-order valence-electron chi connectivity index (χ2n) is 2.59. The lowest BCUT2D eigenvalue weighted by Crippen LogP contribution is -2.15. The van der Waals surface area contributed by atoms with E-state index in [2.05, 4.69) is 4.74 Å². The number of hydrogen-bond donors (Lipinski definition) is 0. The summed E-state index contributed by atoms with van der Waals surface area (Å²) in [4.78, 5) is 10.8. The quantitative estimate of drug-likeness (QED) is 0.375. The van der Waals surface area contributed by atoms with Crippen LogP contribution in [-0.4, -0.2) is 18.0 Å². The lowest BCUT2D eigenvalue weighted by atomic mass is 10.1. The fraction of sp³-hybridized carbons (Fsp3) is 0.667. The average molecular weight is 158 g/mol. The van der Waals surface area contributed by atoms with Gasteiger partial charge in [-0.25, -0.2) is 0 Å². The highest BCUT2D eigenvalue weighted by Crippen LogP contribution is 2.60. The molecule has 0 aromatic heterocycles. The van der Waals surface area contributed by atoms with Crippen molar-refractivity contribution in [1.29, 1.82) is 5.26 Å². The van der Waals surface area contributed by atoms with Gasteiger partial charge in [-0.05, 0) is 0 Å². The van der Waals surface area contributed by atoms with Gasteiger partial charge in [0.2, 0.25) is 0 Å². The van der Waals surface area contributed by atoms with Crippen LogP contribution in [0.15, 0.2) is 0 Å². The summed E-state index contributed by atoms with van der Waals surface area (Å²) in [6.07, 6.45) is 0. The number of halogens is 1. The molecular formula is C6H4ClNO2. The van der Waals surface area contributed by atoms with E-state index in [1.807, 2.05) is 6.07 Å². The summed E-state index contributed by atoms with van der Waals surface area (Å²) in [5.74, 6) is -0.494. The number of alkyl halides is 1. The SMILES string of the molecule is N#C[C@]12C(=O)OC[C@H]1[C@@H]2Cl. The van der Waals surface area contributed by atoms with E-state index >= 15 is 0 Å². The van der Waals surface area contributed by atoms with Gasteiger partial charge in [0.1, 0.15) is 0 Å². The van der Waals surface area contributed by atoms with Crippen molar-refractivity contribution in [2.24, 2.45) is 11.3 Å². The number of esters is 1. The Morgan fingerprint density at radius 1 is 1.90 bits per heavy atom. The van der Waals surface area contributed by atoms with Crippen LogP contribution in [0.1, 0.15) is 0 Å². The van der Waals surface area contributed by atoms with Gasteiger partial charge in [-0.1, -0.05) is 0 Å². The van der Waals surface area contributed by atoms with Gasteiger partial charge >= 0.3 is 5.97 Å². The van der Waals surface area contributed by atoms with Gasteiger partial charge in [-0.2, -0.15) is 5.26 Å². The average Bonchev–Trinajstić information content (AvgIpc) is 2.33. The summed E-state index contributed by atoms with van der Waals surface area (Å²) >= 11 is 5.68. The molecule has 1 saturated heterocycles. The number of cyclic esters (lactones) is 1. The van der Waals surface area contributed by atoms with Crippen LogP contribution in [0.3, 0.4) is 0 Å². The van der Waals surface area contributed by atoms with Crippen molar-refractivity contribution in [1.82, 2.24) is 0 Å². The molecule has 52 valence electrons. The lowest BCUT2D eigenvalue weighted by molar-refractivity contribution is -0.142. The summed E-state index contributed by atoms with van der Waals surface area (Å²) < 4.78 is 4.63. The van der Waals surface area contributed by atoms with Gasteiger partial charge in [-0.15, -0.1) is 11.6 Å². The smallest absolute Gasteiger partial charge is 0.328 e. The molecule has 0 bridgehead atoms. The standard InChI is InChI=1S/C6H4ClNO2/c7-4-3-1-10-5(9)6(3,4)2-8/h3-4H,1H2/t3-,4-,6-/m0/s1. The molecule has 10 heavy (non-hydrogen) atoms. The maximum Gasteiger partial charge on any atom is 0.328 e. The first-order valence-electron chi connectivity index (χ1n) is 2.96. The van der Waals surface area contributed by atoms with Crippen LogP contribution in [0, 0.1) is 22.7 Å². The molecule has 2 aliphatic rings. The first-order chi connectivity index (χ1) is 4.73. The zero-order valence-electron chi connectivity index (χ0n) is 5.00. The van der Waals surface area contributed by atoms with E-state index in [4.69, 9.17) is 16.9 Å². The van der Waals surface area contributed by atoms with E-state index in [0.29, 0.717) is 6.61 Å². The predicted octanol–water partition coefficient (Wildman–Crippen LogP) is 0.290. The molecule has 1 aliphatic carbocycles. The number of hydrogen-bond acceptors (Lipinski definition) is 3. The molecule has 1 aliphatic heterocycles. The number of nitriles is 1. The molecule has 0 aromatic carbocycles. The Kier molecular flexibility index (Phi) is 0.873. The lowest BCUT2D eigenvalue weighted by Gasteiger charge is -1.98. The van der Waals surface area contributed by atoms with E-state index in [9.17, 15) is 4.79 Å². The second kappa shape index (κ2) is 1.46. The minimum Gasteiger partial charge on any atom is -0.464 e. The van der Waals surface area contributed by atoms with Crippen LogP contribution in [0.25, 0.3) is 0 Å². The minimum atomic E-state index is -0.971. The van der Waals surface area contributed by atoms with E-state index in [1.165, 1.54) is 0 Å². The Hall–Kier alpha value is -0.750. The Morgan fingerprint density at radius 3 is 2.90 bits per heavy atom. The maximum absolute atomic E-state index is 10.8. The highest BCUT2D eigenvalue weighted by atomic mass is 35.5. The van der Waals surface area contributed by atoms with Crippen LogP contribution in [-0.2, 0) is 9.53 Å². The fourth-order valence-corrected chi connectivity index (χ4v) is 1.87. The highest BCUT2D eigenvalue weighted by molar-refractivity contribution is 6.27. The summed E-state index contributed by atoms with van der Waals surface area (Å²) in [5.41, 5.74) is -0.971. The van der Waals surface area contributed by atoms with E-state index in [-0.39, 0.29) is 11.3 Å². The highest BCUT2D eigenvalue weighted by Gasteiger charge is 2.75. The van der Waals surface area contributed by atoms with E-state index in [1.54, 1.807) is 0 Å². The molecule has 0 amide bonds. The topological polar surface area (TPSA) is 50.1 Å². The molecule has 0 N–H and O–H groups in total. The number of ether oxygens (including phenoxy) is 1. The van der Waals surface area contributed by atoms with Gasteiger partial charge in [0.25, 0.3) is 0 Å². The van der Waals surface area contributed by atoms with Crippen LogP contribution >= 0.6 is 11.6 Å². The van der Waals surface area contributed by atoms with Gasteiger partial charge in [0.05, 0.1) is 18.1 Å². The summed E-state index contributed by atoms with van der Waals surface area (Å²) in [5, 5.41) is 8.27. The van der Waals surface area contributed by atoms with Gasteiger partial charge in [0, 0.05) is 5.92 Å². The third-order valence-corrected chi connectivity index (χ3v) is 2.83. The molecule has 1 saturated carbocycles. The Morgan fingerprint density at radius 2 is 2.60 bits per heavy atom. The van der Waals surface area contributed by atoms with Crippen molar-refractivity contribution in [3.63, 3.8) is 0 Å². The van der Waals surface area contributed by atoms with Crippen LogP contribution in [0.5, 0.6) is 0 Å². The van der Waals surface area contributed by atoms with Gasteiger partial charge in [0.15, 0.2) is 5.41 Å².